The van der Waals surface area contributed by atoms with Crippen molar-refractivity contribution in [3.05, 3.63) is 63.9 Å². The van der Waals surface area contributed by atoms with Gasteiger partial charge in [-0.15, -0.1) is 0 Å². The van der Waals surface area contributed by atoms with E-state index in [-0.39, 0.29) is 35.1 Å². The maximum Gasteiger partial charge on any atom is 0.255 e. The van der Waals surface area contributed by atoms with Crippen molar-refractivity contribution in [1.29, 1.82) is 0 Å². The summed E-state index contributed by atoms with van der Waals surface area (Å²) in [6, 6.07) is 8.47. The second-order valence-corrected chi connectivity index (χ2v) is 13.3. The molecule has 228 valence electrons. The molecular weight excluding hydrogens is 550 g/mol. The van der Waals surface area contributed by atoms with Crippen LogP contribution in [0.2, 0.25) is 0 Å². The number of primary amides is 1. The van der Waals surface area contributed by atoms with E-state index in [1.54, 1.807) is 14.1 Å². The number of ketones is 2. The third-order valence-electron chi connectivity index (χ3n) is 9.24. The number of benzene rings is 2. The number of aliphatic hydroxyl groups is 3. The summed E-state index contributed by atoms with van der Waals surface area (Å²) in [5.41, 5.74) is 5.32. The number of carbonyl (C=O) groups is 3. The molecule has 2 aromatic rings. The van der Waals surface area contributed by atoms with Crippen molar-refractivity contribution in [2.45, 2.75) is 50.7 Å². The summed E-state index contributed by atoms with van der Waals surface area (Å²) in [5.74, 6) is -6.67. The Kier molecular flexibility index (Phi) is 7.02. The zero-order chi connectivity index (χ0) is 31.9. The molecule has 3 aliphatic carbocycles. The molecule has 10 nitrogen and oxygen atoms in total. The van der Waals surface area contributed by atoms with Crippen LogP contribution in [-0.4, -0.2) is 82.6 Å². The molecule has 1 fully saturated rings. The number of amides is 1. The van der Waals surface area contributed by atoms with Crippen LogP contribution in [0.3, 0.4) is 0 Å². The fourth-order valence-corrected chi connectivity index (χ4v) is 7.06. The second-order valence-electron chi connectivity index (χ2n) is 13.3. The van der Waals surface area contributed by atoms with Crippen molar-refractivity contribution in [2.75, 3.05) is 33.1 Å². The maximum absolute atomic E-state index is 14.2. The fraction of sp³-hybridized carbons (Fsp3) is 0.424. The number of hydrogen-bond donors (Lipinski definition) is 5. The summed E-state index contributed by atoms with van der Waals surface area (Å²) >= 11 is 0. The van der Waals surface area contributed by atoms with Crippen LogP contribution in [0, 0.1) is 11.8 Å². The first-order valence-electron chi connectivity index (χ1n) is 14.2. The summed E-state index contributed by atoms with van der Waals surface area (Å²) in [5, 5.41) is 46.3. The van der Waals surface area contributed by atoms with Crippen molar-refractivity contribution in [3.63, 3.8) is 0 Å². The van der Waals surface area contributed by atoms with E-state index < -0.39 is 58.0 Å². The number of nitrogens with zero attached hydrogens (tertiary/aromatic N) is 2. The molecule has 3 aliphatic rings. The predicted molar refractivity (Wildman–Crippen MR) is 163 cm³/mol. The molecule has 0 bridgehead atoms. The van der Waals surface area contributed by atoms with Crippen LogP contribution in [0.5, 0.6) is 5.75 Å². The van der Waals surface area contributed by atoms with E-state index in [1.807, 2.05) is 49.3 Å². The monoisotopic (exact) mass is 589 g/mol. The van der Waals surface area contributed by atoms with Gasteiger partial charge in [0.05, 0.1) is 11.6 Å². The molecule has 0 aliphatic heterocycles. The van der Waals surface area contributed by atoms with E-state index in [9.17, 15) is 34.8 Å². The standard InChI is InChI=1S/C33H39N3O7/c1-32(2,3)17-10-8-15(9-11-17)18-14-21(35(4)5)19-12-16-13-20-25(36(6)7)28(39)24(31(34)42)30(41)33(20,43)29(40)22(16)27(38)23(19)26(18)37/h8-11,14,16,20,25,37-38,41,43H,12-13H2,1-7H3,(H2,34,42). The van der Waals surface area contributed by atoms with Crippen molar-refractivity contribution in [3.8, 4) is 16.9 Å². The molecule has 4 unspecified atom stereocenters. The molecule has 5 rings (SSSR count). The molecule has 43 heavy (non-hydrogen) atoms. The number of nitrogens with two attached hydrogens (primary N) is 1. The molecule has 0 aromatic heterocycles. The molecule has 1 saturated carbocycles. The van der Waals surface area contributed by atoms with Crippen molar-refractivity contribution in [2.24, 2.45) is 17.6 Å². The Balaban J connectivity index is 1.74. The summed E-state index contributed by atoms with van der Waals surface area (Å²) in [7, 11) is 6.84. The van der Waals surface area contributed by atoms with Gasteiger partial charge >= 0.3 is 0 Å². The maximum atomic E-state index is 14.2. The quantitative estimate of drug-likeness (QED) is 0.337. The minimum atomic E-state index is -2.68. The van der Waals surface area contributed by atoms with Crippen LogP contribution in [0.4, 0.5) is 5.69 Å². The van der Waals surface area contributed by atoms with Gasteiger partial charge in [0.1, 0.15) is 22.8 Å². The van der Waals surface area contributed by atoms with Gasteiger partial charge in [0.25, 0.3) is 5.91 Å². The number of hydrogen-bond acceptors (Lipinski definition) is 9. The van der Waals surface area contributed by atoms with Gasteiger partial charge in [0, 0.05) is 36.8 Å². The number of anilines is 1. The van der Waals surface area contributed by atoms with Crippen LogP contribution >= 0.6 is 0 Å². The van der Waals surface area contributed by atoms with E-state index in [2.05, 4.69) is 20.8 Å². The van der Waals surface area contributed by atoms with Gasteiger partial charge in [0.2, 0.25) is 5.78 Å². The molecule has 10 heteroatoms. The highest BCUT2D eigenvalue weighted by molar-refractivity contribution is 6.24. The molecule has 2 aromatic carbocycles. The largest absolute Gasteiger partial charge is 0.508 e. The second kappa shape index (κ2) is 9.96. The Morgan fingerprint density at radius 1 is 1.02 bits per heavy atom. The Morgan fingerprint density at radius 3 is 2.14 bits per heavy atom. The van der Waals surface area contributed by atoms with Gasteiger partial charge in [-0.25, -0.2) is 0 Å². The van der Waals surface area contributed by atoms with E-state index in [4.69, 9.17) is 5.73 Å². The van der Waals surface area contributed by atoms with Gasteiger partial charge in [-0.05, 0) is 61.0 Å². The Labute approximate surface area is 250 Å². The van der Waals surface area contributed by atoms with Crippen molar-refractivity contribution in [1.82, 2.24) is 4.90 Å². The fourth-order valence-electron chi connectivity index (χ4n) is 7.06. The molecule has 0 spiro atoms. The van der Waals surface area contributed by atoms with Gasteiger partial charge < -0.3 is 31.1 Å². The molecule has 6 N–H and O–H groups in total. The highest BCUT2D eigenvalue weighted by Gasteiger charge is 2.64. The highest BCUT2D eigenvalue weighted by Crippen LogP contribution is 2.55. The molecule has 4 atom stereocenters. The zero-order valence-electron chi connectivity index (χ0n) is 25.5. The Bertz CT molecular complexity index is 1630. The number of fused-ring (bicyclic) bond motifs is 3. The minimum Gasteiger partial charge on any atom is -0.508 e. The van der Waals surface area contributed by atoms with E-state index in [0.29, 0.717) is 16.7 Å². The van der Waals surface area contributed by atoms with E-state index >= 15 is 0 Å². The van der Waals surface area contributed by atoms with Gasteiger partial charge in [-0.1, -0.05) is 45.0 Å². The zero-order valence-corrected chi connectivity index (χ0v) is 25.5. The molecule has 1 amide bonds. The van der Waals surface area contributed by atoms with Gasteiger partial charge in [-0.3, -0.25) is 19.3 Å². The third-order valence-corrected chi connectivity index (χ3v) is 9.24. The number of Topliss-reactive ketones (excluding diaryl/α,β-unsaturated/α-hetero) is 2. The lowest BCUT2D eigenvalue weighted by molar-refractivity contribution is -0.153. The molecule has 0 radical (unpaired) electrons. The van der Waals surface area contributed by atoms with Crippen LogP contribution in [0.25, 0.3) is 16.9 Å². The number of phenolic OH excluding ortho intramolecular Hbond substituents is 1. The molecular formula is C33H39N3O7. The number of carbonyl (C=O) groups excluding carboxylic acids is 3. The summed E-state index contributed by atoms with van der Waals surface area (Å²) in [6.07, 6.45) is 0.258. The van der Waals surface area contributed by atoms with Crippen LogP contribution < -0.4 is 10.6 Å². The minimum absolute atomic E-state index is 0.0371. The Morgan fingerprint density at radius 2 is 1.63 bits per heavy atom. The SMILES string of the molecule is CN(C)c1cc(-c2ccc(C(C)(C)C)cc2)c(O)c2c1CC1CC3C(N(C)C)C(=O)C(C(N)=O)=C(O)C3(O)C(=O)C1=C2O. The predicted octanol–water partition coefficient (Wildman–Crippen LogP) is 2.99. The smallest absolute Gasteiger partial charge is 0.255 e. The Hall–Kier alpha value is -4.15. The number of rotatable bonds is 4. The molecule has 0 saturated heterocycles. The first kappa shape index (κ1) is 30.3. The van der Waals surface area contributed by atoms with Crippen LogP contribution in [-0.2, 0) is 26.2 Å². The van der Waals surface area contributed by atoms with Crippen LogP contribution in [0.1, 0.15) is 43.9 Å². The summed E-state index contributed by atoms with van der Waals surface area (Å²) in [4.78, 5) is 43.0. The number of aromatic hydroxyl groups is 1. The van der Waals surface area contributed by atoms with E-state index in [1.165, 1.54) is 4.90 Å². The average molecular weight is 590 g/mol. The lowest BCUT2D eigenvalue weighted by Gasteiger charge is -2.50. The normalized spacial score (nSPS) is 25.5. The lowest BCUT2D eigenvalue weighted by atomic mass is 9.57. The number of aliphatic hydroxyl groups excluding tert-OH is 2. The molecule has 0 heterocycles. The lowest BCUT2D eigenvalue weighted by Crippen LogP contribution is -2.65. The van der Waals surface area contributed by atoms with Crippen molar-refractivity contribution < 1.29 is 34.8 Å². The van der Waals surface area contributed by atoms with Gasteiger partial charge in [-0.2, -0.15) is 0 Å². The van der Waals surface area contributed by atoms with E-state index in [0.717, 1.165) is 11.3 Å². The van der Waals surface area contributed by atoms with Gasteiger partial charge in [0.15, 0.2) is 11.4 Å². The average Bonchev–Trinajstić information content (AvgIpc) is 2.90. The van der Waals surface area contributed by atoms with Crippen molar-refractivity contribution >= 4 is 28.9 Å². The summed E-state index contributed by atoms with van der Waals surface area (Å²) in [6.45, 7) is 6.31. The first-order chi connectivity index (χ1) is 19.9. The number of likely N-dealkylation sites (N-methyl/N-ethyl adjacent to an activating group) is 1. The first-order valence-corrected chi connectivity index (χ1v) is 14.2. The highest BCUT2D eigenvalue weighted by atomic mass is 16.3. The number of phenols is 1. The van der Waals surface area contributed by atoms with Crippen LogP contribution in [0.15, 0.2) is 47.2 Å². The topological polar surface area (TPSA) is 165 Å². The summed E-state index contributed by atoms with van der Waals surface area (Å²) < 4.78 is 0. The third kappa shape index (κ3) is 4.34.